The second kappa shape index (κ2) is 6.23. The fourth-order valence-corrected chi connectivity index (χ4v) is 1.75. The molecule has 0 aromatic heterocycles. The minimum absolute atomic E-state index is 0.156. The van der Waals surface area contributed by atoms with E-state index in [-0.39, 0.29) is 12.6 Å². The topological polar surface area (TPSA) is 46.5 Å². The molecule has 1 unspecified atom stereocenters. The summed E-state index contributed by atoms with van der Waals surface area (Å²) in [4.78, 5) is 11.8. The number of rotatable bonds is 3. The maximum Gasteiger partial charge on any atom is 0.315 e. The molecular formula is C15H18O3. The summed E-state index contributed by atoms with van der Waals surface area (Å²) in [6.07, 6.45) is 0.668. The minimum Gasteiger partial charge on any atom is -0.468 e. The van der Waals surface area contributed by atoms with Crippen molar-refractivity contribution in [3.05, 3.63) is 35.4 Å². The van der Waals surface area contributed by atoms with E-state index in [1.54, 1.807) is 0 Å². The summed E-state index contributed by atoms with van der Waals surface area (Å²) in [5, 5.41) is 8.62. The van der Waals surface area contributed by atoms with E-state index in [9.17, 15) is 4.79 Å². The molecule has 0 fully saturated rings. The van der Waals surface area contributed by atoms with Crippen molar-refractivity contribution in [3.8, 4) is 11.8 Å². The van der Waals surface area contributed by atoms with Gasteiger partial charge in [-0.1, -0.05) is 30.9 Å². The molecule has 1 rings (SSSR count). The second-order valence-electron chi connectivity index (χ2n) is 4.21. The summed E-state index contributed by atoms with van der Waals surface area (Å²) < 4.78 is 4.86. The molecule has 0 heterocycles. The van der Waals surface area contributed by atoms with Crippen LogP contribution in [0.2, 0.25) is 0 Å². The van der Waals surface area contributed by atoms with Gasteiger partial charge in [0.05, 0.1) is 12.5 Å². The number of carbonyl (C=O) groups excluding carboxylic acids is 1. The van der Waals surface area contributed by atoms with Gasteiger partial charge in [0.1, 0.15) is 6.61 Å². The molecule has 0 saturated carbocycles. The number of hydrogen-bond donors (Lipinski definition) is 1. The van der Waals surface area contributed by atoms with Crippen molar-refractivity contribution in [1.29, 1.82) is 0 Å². The van der Waals surface area contributed by atoms with Gasteiger partial charge in [-0.05, 0) is 31.0 Å². The highest BCUT2D eigenvalue weighted by Crippen LogP contribution is 2.29. The zero-order chi connectivity index (χ0) is 13.6. The molecular weight excluding hydrogens is 228 g/mol. The molecule has 3 heteroatoms. The highest BCUT2D eigenvalue weighted by molar-refractivity contribution is 5.82. The van der Waals surface area contributed by atoms with E-state index in [2.05, 4.69) is 11.8 Å². The minimum atomic E-state index is -0.627. The molecule has 3 nitrogen and oxygen atoms in total. The summed E-state index contributed by atoms with van der Waals surface area (Å²) in [6.45, 7) is 3.67. The van der Waals surface area contributed by atoms with Crippen molar-refractivity contribution in [2.24, 2.45) is 0 Å². The predicted molar refractivity (Wildman–Crippen MR) is 70.1 cm³/mol. The van der Waals surface area contributed by atoms with Crippen LogP contribution in [0.15, 0.2) is 24.3 Å². The molecule has 18 heavy (non-hydrogen) atoms. The molecule has 1 N–H and O–H groups in total. The van der Waals surface area contributed by atoms with Crippen LogP contribution in [0, 0.1) is 11.8 Å². The average molecular weight is 246 g/mol. The average Bonchev–Trinajstić information content (AvgIpc) is 2.43. The third-order valence-corrected chi connectivity index (χ3v) is 3.18. The van der Waals surface area contributed by atoms with Crippen LogP contribution in [-0.4, -0.2) is 24.8 Å². The van der Waals surface area contributed by atoms with Crippen LogP contribution in [0.5, 0.6) is 0 Å². The van der Waals surface area contributed by atoms with Crippen LogP contribution in [-0.2, 0) is 14.9 Å². The van der Waals surface area contributed by atoms with Crippen molar-refractivity contribution in [1.82, 2.24) is 0 Å². The normalized spacial score (nSPS) is 13.1. The highest BCUT2D eigenvalue weighted by Gasteiger charge is 2.34. The summed E-state index contributed by atoms with van der Waals surface area (Å²) in [7, 11) is 1.40. The first-order chi connectivity index (χ1) is 8.58. The first kappa shape index (κ1) is 14.3. The quantitative estimate of drug-likeness (QED) is 0.654. The Kier molecular flexibility index (Phi) is 4.94. The Bertz CT molecular complexity index is 465. The maximum absolute atomic E-state index is 11.8. The van der Waals surface area contributed by atoms with E-state index in [1.807, 2.05) is 38.1 Å². The number of esters is 1. The van der Waals surface area contributed by atoms with Crippen molar-refractivity contribution < 1.29 is 14.6 Å². The molecule has 0 aliphatic carbocycles. The van der Waals surface area contributed by atoms with Crippen LogP contribution in [0.3, 0.4) is 0 Å². The number of carbonyl (C=O) groups is 1. The van der Waals surface area contributed by atoms with E-state index < -0.39 is 5.41 Å². The van der Waals surface area contributed by atoms with E-state index in [1.165, 1.54) is 7.11 Å². The fraction of sp³-hybridized carbons (Fsp3) is 0.400. The van der Waals surface area contributed by atoms with Gasteiger partial charge in [0.15, 0.2) is 0 Å². The molecule has 1 atom stereocenters. The third-order valence-electron chi connectivity index (χ3n) is 3.18. The summed E-state index contributed by atoms with van der Waals surface area (Å²) in [5.41, 5.74) is 1.10. The van der Waals surface area contributed by atoms with E-state index in [0.29, 0.717) is 6.42 Å². The Balaban J connectivity index is 3.06. The van der Waals surface area contributed by atoms with Crippen LogP contribution in [0.4, 0.5) is 0 Å². The number of aliphatic hydroxyl groups is 1. The Hall–Kier alpha value is -1.79. The van der Waals surface area contributed by atoms with Gasteiger partial charge in [-0.3, -0.25) is 4.79 Å². The number of benzene rings is 1. The Morgan fingerprint density at radius 2 is 2.00 bits per heavy atom. The molecule has 0 bridgehead atoms. The second-order valence-corrected chi connectivity index (χ2v) is 4.21. The lowest BCUT2D eigenvalue weighted by Crippen LogP contribution is -2.32. The van der Waals surface area contributed by atoms with Crippen molar-refractivity contribution in [2.75, 3.05) is 13.7 Å². The van der Waals surface area contributed by atoms with Gasteiger partial charge < -0.3 is 9.84 Å². The van der Waals surface area contributed by atoms with Gasteiger partial charge in [-0.2, -0.15) is 0 Å². The smallest absolute Gasteiger partial charge is 0.315 e. The third kappa shape index (κ3) is 2.91. The van der Waals surface area contributed by atoms with Gasteiger partial charge in [0, 0.05) is 5.56 Å². The van der Waals surface area contributed by atoms with Crippen molar-refractivity contribution in [3.63, 3.8) is 0 Å². The number of hydrogen-bond acceptors (Lipinski definition) is 3. The van der Waals surface area contributed by atoms with E-state index in [4.69, 9.17) is 9.84 Å². The zero-order valence-corrected chi connectivity index (χ0v) is 11.0. The van der Waals surface area contributed by atoms with Crippen LogP contribution >= 0.6 is 0 Å². The molecule has 96 valence electrons. The Morgan fingerprint density at radius 1 is 1.39 bits per heavy atom. The number of methoxy groups -OCH3 is 1. The highest BCUT2D eigenvalue weighted by atomic mass is 16.5. The first-order valence-corrected chi connectivity index (χ1v) is 5.87. The van der Waals surface area contributed by atoms with Crippen LogP contribution in [0.1, 0.15) is 31.4 Å². The Morgan fingerprint density at radius 3 is 2.44 bits per heavy atom. The lowest BCUT2D eigenvalue weighted by atomic mass is 9.80. The molecule has 0 radical (unpaired) electrons. The molecule has 0 spiro atoms. The lowest BCUT2D eigenvalue weighted by molar-refractivity contribution is -0.147. The molecule has 0 aliphatic rings. The summed E-state index contributed by atoms with van der Waals surface area (Å²) in [6, 6.07) is 7.44. The van der Waals surface area contributed by atoms with Crippen molar-refractivity contribution in [2.45, 2.75) is 25.7 Å². The zero-order valence-electron chi connectivity index (χ0n) is 11.0. The standard InChI is InChI=1S/C15H18O3/c1-4-15(2,14(17)18-3)13-9-7-12(8-10-13)6-5-11-16/h7-10,16H,4,11H2,1-3H3. The summed E-state index contributed by atoms with van der Waals surface area (Å²) in [5.74, 6) is 5.17. The first-order valence-electron chi connectivity index (χ1n) is 5.87. The molecule has 1 aromatic rings. The van der Waals surface area contributed by atoms with Gasteiger partial charge in [-0.15, -0.1) is 0 Å². The van der Waals surface area contributed by atoms with Crippen LogP contribution < -0.4 is 0 Å². The summed E-state index contributed by atoms with van der Waals surface area (Å²) >= 11 is 0. The molecule has 0 saturated heterocycles. The monoisotopic (exact) mass is 246 g/mol. The molecule has 0 aliphatic heterocycles. The fourth-order valence-electron chi connectivity index (χ4n) is 1.75. The van der Waals surface area contributed by atoms with E-state index >= 15 is 0 Å². The van der Waals surface area contributed by atoms with Gasteiger partial charge in [0.2, 0.25) is 0 Å². The van der Waals surface area contributed by atoms with E-state index in [0.717, 1.165) is 11.1 Å². The SMILES string of the molecule is CCC(C)(C(=O)OC)c1ccc(C#CCO)cc1. The largest absolute Gasteiger partial charge is 0.468 e. The van der Waals surface area contributed by atoms with Crippen LogP contribution in [0.25, 0.3) is 0 Å². The van der Waals surface area contributed by atoms with Gasteiger partial charge in [-0.25, -0.2) is 0 Å². The molecule has 0 amide bonds. The number of aliphatic hydroxyl groups excluding tert-OH is 1. The number of ether oxygens (including phenoxy) is 1. The molecule has 1 aromatic carbocycles. The maximum atomic E-state index is 11.8. The van der Waals surface area contributed by atoms with Crippen molar-refractivity contribution >= 4 is 5.97 Å². The Labute approximate surface area is 108 Å². The van der Waals surface area contributed by atoms with Gasteiger partial charge >= 0.3 is 5.97 Å². The predicted octanol–water partition coefficient (Wildman–Crippen LogP) is 1.87. The van der Waals surface area contributed by atoms with Gasteiger partial charge in [0.25, 0.3) is 0 Å². The lowest BCUT2D eigenvalue weighted by Gasteiger charge is -2.25.